The third-order valence-corrected chi connectivity index (χ3v) is 4.09. The average molecular weight is 318 g/mol. The van der Waals surface area contributed by atoms with Crippen LogP contribution in [0.25, 0.3) is 11.4 Å². The number of hydrogen-bond acceptors (Lipinski definition) is 5. The molecule has 0 atom stereocenters. The molecule has 2 aromatic heterocycles. The average Bonchev–Trinajstić information content (AvgIpc) is 2.87. The lowest BCUT2D eigenvalue weighted by Gasteiger charge is -2.04. The molecule has 3 rings (SSSR count). The number of rotatable bonds is 4. The predicted octanol–water partition coefficient (Wildman–Crippen LogP) is 3.00. The number of nitrogens with zero attached hydrogens (tertiary/aromatic N) is 4. The van der Waals surface area contributed by atoms with Gasteiger partial charge in [-0.05, 0) is 29.8 Å². The molecule has 0 radical (unpaired) electrons. The highest BCUT2D eigenvalue weighted by Crippen LogP contribution is 2.24. The van der Waals surface area contributed by atoms with Crippen LogP contribution in [0.5, 0.6) is 0 Å². The molecule has 0 aliphatic carbocycles. The van der Waals surface area contributed by atoms with E-state index in [2.05, 4.69) is 15.2 Å². The first-order valence-corrected chi connectivity index (χ1v) is 7.58. The summed E-state index contributed by atoms with van der Waals surface area (Å²) in [7, 11) is 0. The van der Waals surface area contributed by atoms with Gasteiger partial charge in [0.1, 0.15) is 0 Å². The summed E-state index contributed by atoms with van der Waals surface area (Å²) < 4.78 is 1.48. The van der Waals surface area contributed by atoms with Crippen molar-refractivity contribution in [3.05, 3.63) is 59.4 Å². The molecular weight excluding hydrogens is 306 g/mol. The summed E-state index contributed by atoms with van der Waals surface area (Å²) in [6, 6.07) is 11.4. The van der Waals surface area contributed by atoms with Crippen molar-refractivity contribution in [1.29, 1.82) is 0 Å². The van der Waals surface area contributed by atoms with Crippen LogP contribution in [0, 0.1) is 0 Å². The first-order chi connectivity index (χ1) is 10.2. The number of hydrogen-bond donors (Lipinski definition) is 1. The van der Waals surface area contributed by atoms with Gasteiger partial charge in [0.25, 0.3) is 0 Å². The Labute approximate surface area is 131 Å². The van der Waals surface area contributed by atoms with Crippen molar-refractivity contribution in [2.24, 2.45) is 0 Å². The Bertz CT molecular complexity index is 744. The van der Waals surface area contributed by atoms with E-state index in [1.807, 2.05) is 36.4 Å². The minimum Gasteiger partial charge on any atom is -0.335 e. The summed E-state index contributed by atoms with van der Waals surface area (Å²) in [4.78, 5) is 4.06. The van der Waals surface area contributed by atoms with E-state index in [4.69, 9.17) is 17.4 Å². The molecule has 0 amide bonds. The number of pyridine rings is 1. The van der Waals surface area contributed by atoms with Gasteiger partial charge in [-0.25, -0.2) is 4.68 Å². The normalized spacial score (nSPS) is 10.7. The second kappa shape index (κ2) is 6.15. The van der Waals surface area contributed by atoms with Gasteiger partial charge < -0.3 is 5.84 Å². The molecule has 21 heavy (non-hydrogen) atoms. The van der Waals surface area contributed by atoms with Crippen LogP contribution < -0.4 is 5.84 Å². The molecule has 2 N–H and O–H groups in total. The topological polar surface area (TPSA) is 69.6 Å². The molecule has 0 aliphatic rings. The van der Waals surface area contributed by atoms with Crippen LogP contribution in [0.1, 0.15) is 5.56 Å². The Morgan fingerprint density at radius 3 is 2.86 bits per heavy atom. The first-order valence-electron chi connectivity index (χ1n) is 6.22. The van der Waals surface area contributed by atoms with Gasteiger partial charge in [-0.1, -0.05) is 35.5 Å². The van der Waals surface area contributed by atoms with Crippen LogP contribution in [0.4, 0.5) is 0 Å². The summed E-state index contributed by atoms with van der Waals surface area (Å²) in [5, 5.41) is 9.60. The van der Waals surface area contributed by atoms with Gasteiger partial charge >= 0.3 is 0 Å². The van der Waals surface area contributed by atoms with E-state index >= 15 is 0 Å². The van der Waals surface area contributed by atoms with Crippen LogP contribution in [0.15, 0.2) is 53.9 Å². The van der Waals surface area contributed by atoms with Crippen LogP contribution in [-0.2, 0) is 5.75 Å². The van der Waals surface area contributed by atoms with Gasteiger partial charge in [-0.3, -0.25) is 4.98 Å². The largest absolute Gasteiger partial charge is 0.335 e. The lowest BCUT2D eigenvalue weighted by molar-refractivity contribution is 0.849. The molecule has 7 heteroatoms. The van der Waals surface area contributed by atoms with E-state index < -0.39 is 0 Å². The number of nitrogens with two attached hydrogens (primary N) is 1. The van der Waals surface area contributed by atoms with Crippen LogP contribution in [-0.4, -0.2) is 19.9 Å². The predicted molar refractivity (Wildman–Crippen MR) is 84.4 cm³/mol. The van der Waals surface area contributed by atoms with Gasteiger partial charge in [0.15, 0.2) is 5.82 Å². The number of thioether (sulfide) groups is 1. The second-order valence-electron chi connectivity index (χ2n) is 4.34. The van der Waals surface area contributed by atoms with Crippen LogP contribution in [0.3, 0.4) is 0 Å². The maximum Gasteiger partial charge on any atom is 0.210 e. The highest BCUT2D eigenvalue weighted by Gasteiger charge is 2.12. The molecule has 0 aliphatic heterocycles. The molecule has 106 valence electrons. The smallest absolute Gasteiger partial charge is 0.210 e. The van der Waals surface area contributed by atoms with Gasteiger partial charge in [0.05, 0.1) is 0 Å². The third kappa shape index (κ3) is 3.17. The Hall–Kier alpha value is -2.05. The van der Waals surface area contributed by atoms with E-state index in [0.29, 0.717) is 11.0 Å². The molecule has 0 unspecified atom stereocenters. The van der Waals surface area contributed by atoms with E-state index in [9.17, 15) is 0 Å². The van der Waals surface area contributed by atoms with Crippen molar-refractivity contribution in [1.82, 2.24) is 19.9 Å². The van der Waals surface area contributed by atoms with Crippen molar-refractivity contribution in [3.63, 3.8) is 0 Å². The number of halogens is 1. The molecule has 0 fully saturated rings. The summed E-state index contributed by atoms with van der Waals surface area (Å²) in [6.45, 7) is 0. The second-order valence-corrected chi connectivity index (χ2v) is 5.72. The number of nitrogen functional groups attached to an aromatic ring is 1. The first kappa shape index (κ1) is 13.9. The summed E-state index contributed by atoms with van der Waals surface area (Å²) in [6.07, 6.45) is 3.41. The Kier molecular flexibility index (Phi) is 4.08. The molecule has 5 nitrogen and oxygen atoms in total. The van der Waals surface area contributed by atoms with Crippen LogP contribution >= 0.6 is 23.4 Å². The molecule has 0 spiro atoms. The van der Waals surface area contributed by atoms with Gasteiger partial charge in [0, 0.05) is 28.7 Å². The van der Waals surface area contributed by atoms with Gasteiger partial charge in [0.2, 0.25) is 5.16 Å². The minimum absolute atomic E-state index is 0.594. The zero-order valence-electron chi connectivity index (χ0n) is 11.0. The minimum atomic E-state index is 0.594. The van der Waals surface area contributed by atoms with Crippen molar-refractivity contribution in [2.75, 3.05) is 5.84 Å². The zero-order valence-corrected chi connectivity index (χ0v) is 12.6. The van der Waals surface area contributed by atoms with Gasteiger partial charge in [-0.15, -0.1) is 10.2 Å². The number of benzene rings is 1. The molecule has 0 saturated heterocycles. The molecule has 2 heterocycles. The molecule has 0 saturated carbocycles. The lowest BCUT2D eigenvalue weighted by atomic mass is 10.2. The van der Waals surface area contributed by atoms with E-state index in [-0.39, 0.29) is 0 Å². The maximum atomic E-state index is 6.05. The third-order valence-electron chi connectivity index (χ3n) is 2.84. The van der Waals surface area contributed by atoms with E-state index in [1.165, 1.54) is 16.4 Å². The maximum absolute atomic E-state index is 6.05. The van der Waals surface area contributed by atoms with Crippen LogP contribution in [0.2, 0.25) is 5.02 Å². The van der Waals surface area contributed by atoms with Crippen molar-refractivity contribution < 1.29 is 0 Å². The standard InChI is InChI=1S/C14H12ClN5S/c15-12-5-1-3-10(7-12)9-21-14-19-18-13(20(14)16)11-4-2-6-17-8-11/h1-8H,9,16H2. The fraction of sp³-hybridized carbons (Fsp3) is 0.0714. The van der Waals surface area contributed by atoms with E-state index in [1.54, 1.807) is 12.4 Å². The summed E-state index contributed by atoms with van der Waals surface area (Å²) in [5.74, 6) is 7.37. The monoisotopic (exact) mass is 317 g/mol. The molecule has 0 bridgehead atoms. The molecule has 3 aromatic rings. The SMILES string of the molecule is Nn1c(SCc2cccc(Cl)c2)nnc1-c1cccnc1. The zero-order chi connectivity index (χ0) is 14.7. The Morgan fingerprint density at radius 1 is 1.19 bits per heavy atom. The van der Waals surface area contributed by atoms with Crippen molar-refractivity contribution in [3.8, 4) is 11.4 Å². The summed E-state index contributed by atoms with van der Waals surface area (Å²) >= 11 is 7.48. The lowest BCUT2D eigenvalue weighted by Crippen LogP contribution is -2.11. The van der Waals surface area contributed by atoms with Crippen molar-refractivity contribution in [2.45, 2.75) is 10.9 Å². The Balaban J connectivity index is 1.77. The molecule has 1 aromatic carbocycles. The Morgan fingerprint density at radius 2 is 2.10 bits per heavy atom. The van der Waals surface area contributed by atoms with Gasteiger partial charge in [-0.2, -0.15) is 0 Å². The molecular formula is C14H12ClN5S. The highest BCUT2D eigenvalue weighted by molar-refractivity contribution is 7.98. The fourth-order valence-electron chi connectivity index (χ4n) is 1.84. The quantitative estimate of drug-likeness (QED) is 0.591. The fourth-order valence-corrected chi connectivity index (χ4v) is 2.85. The van der Waals surface area contributed by atoms with E-state index in [0.717, 1.165) is 21.9 Å². The summed E-state index contributed by atoms with van der Waals surface area (Å²) in [5.41, 5.74) is 1.94. The number of aromatic nitrogens is 4. The van der Waals surface area contributed by atoms with Crippen molar-refractivity contribution >= 4 is 23.4 Å². The highest BCUT2D eigenvalue weighted by atomic mass is 35.5.